The van der Waals surface area contributed by atoms with Gasteiger partial charge in [-0.1, -0.05) is 0 Å². The molecular formula is C8H8N2O. The monoisotopic (exact) mass is 148 g/mol. The van der Waals surface area contributed by atoms with Crippen LogP contribution < -0.4 is 5.32 Å². The smallest absolute Gasteiger partial charge is 0.224 e. The number of fused-ring (bicyclic) bond motifs is 1. The number of hydrogen-bond acceptors (Lipinski definition) is 2. The maximum Gasteiger partial charge on any atom is 0.224 e. The molecule has 11 heavy (non-hydrogen) atoms. The van der Waals surface area contributed by atoms with E-state index in [9.17, 15) is 4.79 Å². The molecule has 0 unspecified atom stereocenters. The van der Waals surface area contributed by atoms with Gasteiger partial charge in [0.05, 0.1) is 6.42 Å². The molecule has 1 N–H and O–H groups in total. The molecule has 1 aromatic heterocycles. The van der Waals surface area contributed by atoms with Crippen molar-refractivity contribution in [1.29, 1.82) is 0 Å². The minimum Gasteiger partial charge on any atom is -0.352 e. The molecule has 0 bridgehead atoms. The third-order valence-corrected chi connectivity index (χ3v) is 1.83. The van der Waals surface area contributed by atoms with Crippen molar-refractivity contribution in [3.8, 4) is 0 Å². The lowest BCUT2D eigenvalue weighted by atomic mass is 10.0. The Bertz CT molecular complexity index is 296. The standard InChI is InChI=1S/C8H8N2O/c11-8-3-7-4-9-2-1-6(7)5-10-8/h1-2,4H,3,5H2,(H,10,11). The van der Waals surface area contributed by atoms with Crippen LogP contribution in [0.4, 0.5) is 0 Å². The molecule has 2 rings (SSSR count). The summed E-state index contributed by atoms with van der Waals surface area (Å²) in [5.41, 5.74) is 2.23. The first-order chi connectivity index (χ1) is 5.36. The van der Waals surface area contributed by atoms with Gasteiger partial charge in [-0.05, 0) is 17.2 Å². The van der Waals surface area contributed by atoms with E-state index >= 15 is 0 Å². The van der Waals surface area contributed by atoms with Crippen LogP contribution >= 0.6 is 0 Å². The van der Waals surface area contributed by atoms with Crippen molar-refractivity contribution in [1.82, 2.24) is 10.3 Å². The van der Waals surface area contributed by atoms with Crippen LogP contribution in [0.1, 0.15) is 11.1 Å². The predicted octanol–water partition coefficient (Wildman–Crippen LogP) is 0.254. The minimum absolute atomic E-state index is 0.0884. The van der Waals surface area contributed by atoms with Crippen molar-refractivity contribution < 1.29 is 4.79 Å². The van der Waals surface area contributed by atoms with Crippen molar-refractivity contribution >= 4 is 5.91 Å². The van der Waals surface area contributed by atoms with E-state index in [1.807, 2.05) is 6.07 Å². The maximum absolute atomic E-state index is 10.9. The zero-order valence-corrected chi connectivity index (χ0v) is 6.00. The zero-order chi connectivity index (χ0) is 7.68. The molecule has 1 aromatic rings. The lowest BCUT2D eigenvalue weighted by Crippen LogP contribution is -2.30. The highest BCUT2D eigenvalue weighted by molar-refractivity contribution is 5.80. The Morgan fingerprint density at radius 2 is 2.36 bits per heavy atom. The fourth-order valence-corrected chi connectivity index (χ4v) is 1.22. The van der Waals surface area contributed by atoms with Crippen LogP contribution in [0.25, 0.3) is 0 Å². The summed E-state index contributed by atoms with van der Waals surface area (Å²) in [6, 6.07) is 1.94. The summed E-state index contributed by atoms with van der Waals surface area (Å²) >= 11 is 0. The first-order valence-electron chi connectivity index (χ1n) is 3.55. The molecule has 0 aliphatic carbocycles. The Balaban J connectivity index is 2.41. The fourth-order valence-electron chi connectivity index (χ4n) is 1.22. The largest absolute Gasteiger partial charge is 0.352 e. The van der Waals surface area contributed by atoms with Gasteiger partial charge >= 0.3 is 0 Å². The first-order valence-corrected chi connectivity index (χ1v) is 3.55. The number of aromatic nitrogens is 1. The summed E-state index contributed by atoms with van der Waals surface area (Å²) < 4.78 is 0. The average Bonchev–Trinajstić information content (AvgIpc) is 2.04. The molecule has 0 saturated heterocycles. The molecule has 0 spiro atoms. The normalized spacial score (nSPS) is 15.5. The molecule has 1 amide bonds. The van der Waals surface area contributed by atoms with E-state index in [1.54, 1.807) is 12.4 Å². The Morgan fingerprint density at radius 1 is 1.45 bits per heavy atom. The average molecular weight is 148 g/mol. The second kappa shape index (κ2) is 2.34. The molecule has 56 valence electrons. The summed E-state index contributed by atoms with van der Waals surface area (Å²) in [6.45, 7) is 0.649. The predicted molar refractivity (Wildman–Crippen MR) is 39.8 cm³/mol. The van der Waals surface area contributed by atoms with Crippen LogP contribution in [0.3, 0.4) is 0 Å². The highest BCUT2D eigenvalue weighted by atomic mass is 16.1. The number of carbonyl (C=O) groups is 1. The van der Waals surface area contributed by atoms with Gasteiger partial charge in [0.15, 0.2) is 0 Å². The second-order valence-corrected chi connectivity index (χ2v) is 2.60. The molecule has 0 saturated carbocycles. The summed E-state index contributed by atoms with van der Waals surface area (Å²) in [5, 5.41) is 2.77. The van der Waals surface area contributed by atoms with Crippen molar-refractivity contribution in [2.24, 2.45) is 0 Å². The fraction of sp³-hybridized carbons (Fsp3) is 0.250. The molecule has 3 heteroatoms. The number of amides is 1. The number of pyridine rings is 1. The van der Waals surface area contributed by atoms with E-state index < -0.39 is 0 Å². The van der Waals surface area contributed by atoms with Gasteiger partial charge in [-0.25, -0.2) is 0 Å². The molecule has 0 atom stereocenters. The zero-order valence-electron chi connectivity index (χ0n) is 6.00. The van der Waals surface area contributed by atoms with Crippen LogP contribution in [0.15, 0.2) is 18.5 Å². The SMILES string of the molecule is O=C1Cc2cnccc2CN1. The molecule has 0 radical (unpaired) electrons. The van der Waals surface area contributed by atoms with Crippen molar-refractivity contribution in [3.63, 3.8) is 0 Å². The number of carbonyl (C=O) groups excluding carboxylic acids is 1. The van der Waals surface area contributed by atoms with Gasteiger partial charge in [-0.2, -0.15) is 0 Å². The van der Waals surface area contributed by atoms with E-state index in [2.05, 4.69) is 10.3 Å². The van der Waals surface area contributed by atoms with Crippen LogP contribution in [-0.4, -0.2) is 10.9 Å². The molecule has 0 fully saturated rings. The minimum atomic E-state index is 0.0884. The van der Waals surface area contributed by atoms with E-state index in [1.165, 1.54) is 5.56 Å². The highest BCUT2D eigenvalue weighted by Gasteiger charge is 2.13. The summed E-state index contributed by atoms with van der Waals surface area (Å²) in [5.74, 6) is 0.0884. The lowest BCUT2D eigenvalue weighted by molar-refractivity contribution is -0.121. The Kier molecular flexibility index (Phi) is 1.35. The van der Waals surface area contributed by atoms with Crippen LogP contribution in [0, 0.1) is 0 Å². The van der Waals surface area contributed by atoms with E-state index in [0.29, 0.717) is 13.0 Å². The van der Waals surface area contributed by atoms with Crippen molar-refractivity contribution in [2.75, 3.05) is 0 Å². The van der Waals surface area contributed by atoms with E-state index in [4.69, 9.17) is 0 Å². The summed E-state index contributed by atoms with van der Waals surface area (Å²) in [7, 11) is 0. The summed E-state index contributed by atoms with van der Waals surface area (Å²) in [4.78, 5) is 14.8. The molecule has 3 nitrogen and oxygen atoms in total. The Labute approximate surface area is 64.5 Å². The van der Waals surface area contributed by atoms with Gasteiger partial charge in [0.1, 0.15) is 0 Å². The number of nitrogens with zero attached hydrogens (tertiary/aromatic N) is 1. The van der Waals surface area contributed by atoms with Crippen LogP contribution in [0.2, 0.25) is 0 Å². The van der Waals surface area contributed by atoms with Gasteiger partial charge < -0.3 is 5.32 Å². The second-order valence-electron chi connectivity index (χ2n) is 2.60. The molecule has 2 heterocycles. The number of rotatable bonds is 0. The molecule has 1 aliphatic rings. The van der Waals surface area contributed by atoms with Crippen LogP contribution in [0.5, 0.6) is 0 Å². The van der Waals surface area contributed by atoms with Gasteiger partial charge in [-0.15, -0.1) is 0 Å². The third-order valence-electron chi connectivity index (χ3n) is 1.83. The third kappa shape index (κ3) is 1.09. The van der Waals surface area contributed by atoms with Gasteiger partial charge in [0, 0.05) is 18.9 Å². The van der Waals surface area contributed by atoms with Crippen LogP contribution in [-0.2, 0) is 17.8 Å². The maximum atomic E-state index is 10.9. The van der Waals surface area contributed by atoms with Crippen molar-refractivity contribution in [3.05, 3.63) is 29.6 Å². The highest BCUT2D eigenvalue weighted by Crippen LogP contribution is 2.11. The van der Waals surface area contributed by atoms with E-state index in [0.717, 1.165) is 5.56 Å². The summed E-state index contributed by atoms with van der Waals surface area (Å²) in [6.07, 6.45) is 3.98. The Hall–Kier alpha value is -1.38. The molecular weight excluding hydrogens is 140 g/mol. The molecule has 0 aromatic carbocycles. The van der Waals surface area contributed by atoms with Gasteiger partial charge in [-0.3, -0.25) is 9.78 Å². The van der Waals surface area contributed by atoms with Crippen molar-refractivity contribution in [2.45, 2.75) is 13.0 Å². The van der Waals surface area contributed by atoms with Gasteiger partial charge in [0.2, 0.25) is 5.91 Å². The molecule has 1 aliphatic heterocycles. The van der Waals surface area contributed by atoms with Gasteiger partial charge in [0.25, 0.3) is 0 Å². The number of hydrogen-bond donors (Lipinski definition) is 1. The van der Waals surface area contributed by atoms with E-state index in [-0.39, 0.29) is 5.91 Å². The lowest BCUT2D eigenvalue weighted by Gasteiger charge is -2.14. The quantitative estimate of drug-likeness (QED) is 0.573. The Morgan fingerprint density at radius 3 is 3.27 bits per heavy atom. The number of nitrogens with one attached hydrogen (secondary N) is 1. The topological polar surface area (TPSA) is 42.0 Å². The first kappa shape index (κ1) is 6.34.